The number of benzene rings is 1. The summed E-state index contributed by atoms with van der Waals surface area (Å²) >= 11 is 0. The molecule has 0 bridgehead atoms. The lowest BCUT2D eigenvalue weighted by atomic mass is 9.91. The lowest BCUT2D eigenvalue weighted by molar-refractivity contribution is -0.136. The lowest BCUT2D eigenvalue weighted by Crippen LogP contribution is -2.45. The molecule has 0 saturated carbocycles. The van der Waals surface area contributed by atoms with Gasteiger partial charge in [-0.05, 0) is 30.7 Å². The number of halogens is 2. The van der Waals surface area contributed by atoms with Crippen LogP contribution in [0.25, 0.3) is 0 Å². The van der Waals surface area contributed by atoms with E-state index in [-0.39, 0.29) is 36.4 Å². The lowest BCUT2D eigenvalue weighted by Gasteiger charge is -2.36. The Bertz CT molecular complexity index is 684. The Balaban J connectivity index is 1.66. The third-order valence-electron chi connectivity index (χ3n) is 5.44. The number of carbonyl (C=O) groups is 2. The second-order valence-electron chi connectivity index (χ2n) is 7.90. The molecule has 1 aromatic rings. The number of carbonyl (C=O) groups excluding carboxylic acids is 2. The number of likely N-dealkylation sites (tertiary alicyclic amines) is 2. The van der Waals surface area contributed by atoms with Gasteiger partial charge in [-0.15, -0.1) is 0 Å². The molecule has 2 aliphatic rings. The number of nitrogens with zero attached hydrogens (tertiary/aromatic N) is 2. The van der Waals surface area contributed by atoms with E-state index in [0.29, 0.717) is 24.7 Å². The Labute approximate surface area is 153 Å². The first-order valence-electron chi connectivity index (χ1n) is 9.34. The highest BCUT2D eigenvalue weighted by Gasteiger charge is 2.35. The minimum atomic E-state index is -0.659. The Morgan fingerprint density at radius 1 is 1.19 bits per heavy atom. The molecular formula is C20H26F2N2O2. The van der Waals surface area contributed by atoms with Crippen molar-refractivity contribution in [3.05, 3.63) is 35.4 Å². The number of piperidine rings is 1. The van der Waals surface area contributed by atoms with Gasteiger partial charge in [-0.2, -0.15) is 0 Å². The smallest absolute Gasteiger partial charge is 0.224 e. The number of rotatable bonds is 4. The van der Waals surface area contributed by atoms with Crippen molar-refractivity contribution in [3.8, 4) is 0 Å². The van der Waals surface area contributed by atoms with Crippen LogP contribution in [-0.2, 0) is 16.1 Å². The summed E-state index contributed by atoms with van der Waals surface area (Å²) in [5.74, 6) is -0.346. The predicted octanol–water partition coefficient (Wildman–Crippen LogP) is 3.35. The molecule has 2 amide bonds. The molecule has 3 rings (SSSR count). The largest absolute Gasteiger partial charge is 0.342 e. The van der Waals surface area contributed by atoms with Crippen molar-refractivity contribution in [3.63, 3.8) is 0 Å². The van der Waals surface area contributed by atoms with E-state index in [1.54, 1.807) is 4.90 Å². The van der Waals surface area contributed by atoms with E-state index in [4.69, 9.17) is 0 Å². The quantitative estimate of drug-likeness (QED) is 0.822. The molecule has 0 spiro atoms. The van der Waals surface area contributed by atoms with Crippen LogP contribution in [0.3, 0.4) is 0 Å². The van der Waals surface area contributed by atoms with Gasteiger partial charge in [-0.25, -0.2) is 8.78 Å². The summed E-state index contributed by atoms with van der Waals surface area (Å²) in [6, 6.07) is 3.16. The van der Waals surface area contributed by atoms with Gasteiger partial charge in [0.05, 0.1) is 0 Å². The molecule has 6 heteroatoms. The number of hydrogen-bond donors (Lipinski definition) is 0. The highest BCUT2D eigenvalue weighted by atomic mass is 19.1. The summed E-state index contributed by atoms with van der Waals surface area (Å²) in [6.07, 6.45) is 2.37. The summed E-state index contributed by atoms with van der Waals surface area (Å²) in [7, 11) is 0. The second kappa shape index (κ2) is 7.72. The average Bonchev–Trinajstić information content (AvgIpc) is 2.89. The van der Waals surface area contributed by atoms with Crippen molar-refractivity contribution in [2.24, 2.45) is 11.8 Å². The zero-order valence-electron chi connectivity index (χ0n) is 15.4. The second-order valence-corrected chi connectivity index (χ2v) is 7.90. The van der Waals surface area contributed by atoms with Gasteiger partial charge in [0.25, 0.3) is 0 Å². The molecule has 0 radical (unpaired) electrons. The van der Waals surface area contributed by atoms with E-state index in [1.807, 2.05) is 4.90 Å². The third-order valence-corrected chi connectivity index (χ3v) is 5.44. The van der Waals surface area contributed by atoms with E-state index >= 15 is 0 Å². The van der Waals surface area contributed by atoms with Gasteiger partial charge in [0.1, 0.15) is 11.6 Å². The van der Waals surface area contributed by atoms with Crippen molar-refractivity contribution >= 4 is 11.8 Å². The molecular weight excluding hydrogens is 338 g/mol. The van der Waals surface area contributed by atoms with E-state index in [0.717, 1.165) is 25.6 Å². The van der Waals surface area contributed by atoms with Crippen LogP contribution < -0.4 is 0 Å². The molecule has 2 fully saturated rings. The SMILES string of the molecule is CC1CC(C)CN(C(=O)CC2CCC(=O)N2Cc2ccc(F)cc2F)C1. The van der Waals surface area contributed by atoms with Crippen molar-refractivity contribution < 1.29 is 18.4 Å². The standard InChI is InChI=1S/C20H26F2N2O2/c1-13-7-14(2)11-23(10-13)20(26)9-17-5-6-19(25)24(17)12-15-3-4-16(21)8-18(15)22/h3-4,8,13-14,17H,5-7,9-12H2,1-2H3. The number of hydrogen-bond acceptors (Lipinski definition) is 2. The van der Waals surface area contributed by atoms with E-state index in [9.17, 15) is 18.4 Å². The van der Waals surface area contributed by atoms with Gasteiger partial charge in [0, 0.05) is 50.1 Å². The normalized spacial score (nSPS) is 26.5. The van der Waals surface area contributed by atoms with Crippen LogP contribution in [0.15, 0.2) is 18.2 Å². The maximum absolute atomic E-state index is 13.9. The maximum atomic E-state index is 13.9. The molecule has 3 atom stereocenters. The first kappa shape index (κ1) is 18.8. The fourth-order valence-corrected chi connectivity index (χ4v) is 4.25. The Morgan fingerprint density at radius 3 is 2.54 bits per heavy atom. The Morgan fingerprint density at radius 2 is 1.88 bits per heavy atom. The molecule has 2 aliphatic heterocycles. The number of amides is 2. The van der Waals surface area contributed by atoms with E-state index in [2.05, 4.69) is 13.8 Å². The van der Waals surface area contributed by atoms with Crippen LogP contribution in [-0.4, -0.2) is 40.7 Å². The van der Waals surface area contributed by atoms with Crippen LogP contribution >= 0.6 is 0 Å². The van der Waals surface area contributed by atoms with Crippen LogP contribution in [0.5, 0.6) is 0 Å². The maximum Gasteiger partial charge on any atom is 0.224 e. The highest BCUT2D eigenvalue weighted by molar-refractivity contribution is 5.82. The molecule has 1 aromatic carbocycles. The minimum Gasteiger partial charge on any atom is -0.342 e. The topological polar surface area (TPSA) is 40.6 Å². The molecule has 0 aromatic heterocycles. The zero-order valence-corrected chi connectivity index (χ0v) is 15.4. The van der Waals surface area contributed by atoms with E-state index < -0.39 is 11.6 Å². The van der Waals surface area contributed by atoms with Crippen molar-refractivity contribution in [1.82, 2.24) is 9.80 Å². The van der Waals surface area contributed by atoms with Gasteiger partial charge in [0.15, 0.2) is 0 Å². The van der Waals surface area contributed by atoms with Crippen LogP contribution in [0.1, 0.15) is 45.1 Å². The summed E-state index contributed by atoms with van der Waals surface area (Å²) < 4.78 is 27.0. The molecule has 4 nitrogen and oxygen atoms in total. The first-order valence-corrected chi connectivity index (χ1v) is 9.34. The predicted molar refractivity (Wildman–Crippen MR) is 94.1 cm³/mol. The molecule has 26 heavy (non-hydrogen) atoms. The minimum absolute atomic E-state index is 0.0627. The molecule has 0 N–H and O–H groups in total. The molecule has 142 valence electrons. The van der Waals surface area contributed by atoms with Gasteiger partial charge in [-0.3, -0.25) is 9.59 Å². The fourth-order valence-electron chi connectivity index (χ4n) is 4.25. The van der Waals surface area contributed by atoms with Gasteiger partial charge in [-0.1, -0.05) is 19.9 Å². The highest BCUT2D eigenvalue weighted by Crippen LogP contribution is 2.27. The van der Waals surface area contributed by atoms with Crippen LogP contribution in [0.2, 0.25) is 0 Å². The van der Waals surface area contributed by atoms with Crippen molar-refractivity contribution in [1.29, 1.82) is 0 Å². The molecule has 3 unspecified atom stereocenters. The Hall–Kier alpha value is -1.98. The van der Waals surface area contributed by atoms with Crippen LogP contribution in [0, 0.1) is 23.5 Å². The first-order chi connectivity index (χ1) is 12.3. The summed E-state index contributed by atoms with van der Waals surface area (Å²) in [4.78, 5) is 28.4. The summed E-state index contributed by atoms with van der Waals surface area (Å²) in [6.45, 7) is 5.90. The monoisotopic (exact) mass is 364 g/mol. The average molecular weight is 364 g/mol. The Kier molecular flexibility index (Phi) is 5.58. The summed E-state index contributed by atoms with van der Waals surface area (Å²) in [5, 5.41) is 0. The van der Waals surface area contributed by atoms with E-state index in [1.165, 1.54) is 12.1 Å². The molecule has 0 aliphatic carbocycles. The van der Waals surface area contributed by atoms with Crippen LogP contribution in [0.4, 0.5) is 8.78 Å². The van der Waals surface area contributed by atoms with Crippen molar-refractivity contribution in [2.75, 3.05) is 13.1 Å². The van der Waals surface area contributed by atoms with Gasteiger partial charge >= 0.3 is 0 Å². The molecule has 2 heterocycles. The zero-order chi connectivity index (χ0) is 18.8. The summed E-state index contributed by atoms with van der Waals surface area (Å²) in [5.41, 5.74) is 0.277. The van der Waals surface area contributed by atoms with Gasteiger partial charge in [0.2, 0.25) is 11.8 Å². The third kappa shape index (κ3) is 4.22. The van der Waals surface area contributed by atoms with Crippen molar-refractivity contribution in [2.45, 2.75) is 52.1 Å². The molecule has 2 saturated heterocycles. The van der Waals surface area contributed by atoms with Gasteiger partial charge < -0.3 is 9.80 Å². The fraction of sp³-hybridized carbons (Fsp3) is 0.600.